The van der Waals surface area contributed by atoms with Crippen molar-refractivity contribution in [2.75, 3.05) is 19.8 Å². The van der Waals surface area contributed by atoms with Crippen molar-refractivity contribution in [3.63, 3.8) is 0 Å². The molecule has 0 aliphatic heterocycles. The van der Waals surface area contributed by atoms with Crippen LogP contribution in [0.4, 0.5) is 0 Å². The third kappa shape index (κ3) is 31.9. The topological polar surface area (TPSA) is 29.5 Å². The maximum atomic E-state index is 8.65. The highest BCUT2D eigenvalue weighted by Crippen LogP contribution is 2.16. The van der Waals surface area contributed by atoms with Gasteiger partial charge in [0.25, 0.3) is 0 Å². The van der Waals surface area contributed by atoms with Gasteiger partial charge in [-0.25, -0.2) is 0 Å². The molecule has 0 aromatic heterocycles. The molecule has 2 nitrogen and oxygen atoms in total. The lowest BCUT2D eigenvalue weighted by Crippen LogP contribution is -2.00. The van der Waals surface area contributed by atoms with E-state index in [0.717, 1.165) is 13.0 Å². The Hall–Kier alpha value is -0.0800. The van der Waals surface area contributed by atoms with E-state index in [0.29, 0.717) is 6.61 Å². The molecule has 0 unspecified atom stereocenters. The number of rotatable bonds is 31. The zero-order chi connectivity index (χ0) is 24.6. The molecule has 0 atom stereocenters. The molecule has 1 N–H and O–H groups in total. The van der Waals surface area contributed by atoms with Gasteiger partial charge in [-0.2, -0.15) is 0 Å². The smallest absolute Gasteiger partial charge is 0.0697 e. The first-order valence-electron chi connectivity index (χ1n) is 16.1. The van der Waals surface area contributed by atoms with Crippen LogP contribution in [0.2, 0.25) is 0 Å². The molecule has 0 rings (SSSR count). The summed E-state index contributed by atoms with van der Waals surface area (Å²) < 4.78 is 5.29. The van der Waals surface area contributed by atoms with Gasteiger partial charge in [-0.3, -0.25) is 0 Å². The lowest BCUT2D eigenvalue weighted by molar-refractivity contribution is 0.0895. The van der Waals surface area contributed by atoms with E-state index in [1.54, 1.807) is 0 Å². The Morgan fingerprint density at radius 3 is 0.794 bits per heavy atom. The summed E-state index contributed by atoms with van der Waals surface area (Å²) in [4.78, 5) is 0. The van der Waals surface area contributed by atoms with Crippen LogP contribution in [0.25, 0.3) is 0 Å². The Morgan fingerprint density at radius 2 is 0.559 bits per heavy atom. The SMILES string of the molecule is CCCCCCCCCCCCCCCCCCCCCCCCCCCCCCOCCO. The van der Waals surface area contributed by atoms with Crippen molar-refractivity contribution >= 4 is 0 Å². The summed E-state index contributed by atoms with van der Waals surface area (Å²) >= 11 is 0. The Morgan fingerprint density at radius 1 is 0.324 bits per heavy atom. The Balaban J connectivity index is 2.99. The second-order valence-corrected chi connectivity index (χ2v) is 10.9. The fraction of sp³-hybridized carbons (Fsp3) is 1.00. The summed E-state index contributed by atoms with van der Waals surface area (Å²) in [6.07, 6.45) is 40.3. The average molecular weight is 483 g/mol. The average Bonchev–Trinajstić information content (AvgIpc) is 2.85. The molecule has 2 heteroatoms. The molecular weight excluding hydrogens is 416 g/mol. The van der Waals surface area contributed by atoms with Gasteiger partial charge in [-0.15, -0.1) is 0 Å². The molecule has 0 fully saturated rings. The number of hydrogen-bond donors (Lipinski definition) is 1. The predicted molar refractivity (Wildman–Crippen MR) is 153 cm³/mol. The standard InChI is InChI=1S/C32H66O2/c1-2-3-4-5-6-7-8-9-10-11-12-13-14-15-16-17-18-19-20-21-22-23-24-25-26-27-28-29-31-34-32-30-33/h33H,2-32H2,1H3. The lowest BCUT2D eigenvalue weighted by Gasteiger charge is -2.05. The summed E-state index contributed by atoms with van der Waals surface area (Å²) in [6, 6.07) is 0. The molecule has 0 saturated heterocycles. The minimum absolute atomic E-state index is 0.152. The third-order valence-electron chi connectivity index (χ3n) is 7.38. The minimum Gasteiger partial charge on any atom is -0.394 e. The van der Waals surface area contributed by atoms with E-state index in [2.05, 4.69) is 6.92 Å². The molecule has 206 valence electrons. The highest BCUT2D eigenvalue weighted by molar-refractivity contribution is 4.52. The van der Waals surface area contributed by atoms with Crippen LogP contribution in [0.3, 0.4) is 0 Å². The molecule has 0 saturated carbocycles. The molecule has 34 heavy (non-hydrogen) atoms. The first kappa shape index (κ1) is 33.9. The van der Waals surface area contributed by atoms with Crippen molar-refractivity contribution < 1.29 is 9.84 Å². The van der Waals surface area contributed by atoms with Gasteiger partial charge in [0.1, 0.15) is 0 Å². The van der Waals surface area contributed by atoms with E-state index in [1.165, 1.54) is 173 Å². The molecule has 0 aliphatic rings. The third-order valence-corrected chi connectivity index (χ3v) is 7.38. The molecule has 0 aliphatic carbocycles. The van der Waals surface area contributed by atoms with Crippen molar-refractivity contribution in [1.82, 2.24) is 0 Å². The number of aliphatic hydroxyl groups is 1. The minimum atomic E-state index is 0.152. The molecule has 0 radical (unpaired) electrons. The normalized spacial score (nSPS) is 11.5. The van der Waals surface area contributed by atoms with Gasteiger partial charge in [0.15, 0.2) is 0 Å². The Kier molecular flexibility index (Phi) is 32.8. The lowest BCUT2D eigenvalue weighted by atomic mass is 10.0. The van der Waals surface area contributed by atoms with Crippen LogP contribution in [0.5, 0.6) is 0 Å². The van der Waals surface area contributed by atoms with Crippen LogP contribution >= 0.6 is 0 Å². The summed E-state index contributed by atoms with van der Waals surface area (Å²) in [5, 5.41) is 8.65. The van der Waals surface area contributed by atoms with Gasteiger partial charge in [-0.05, 0) is 6.42 Å². The molecule has 0 bridgehead atoms. The first-order valence-corrected chi connectivity index (χ1v) is 16.1. The number of hydrogen-bond acceptors (Lipinski definition) is 2. The number of ether oxygens (including phenoxy) is 1. The maximum absolute atomic E-state index is 8.65. The number of aliphatic hydroxyl groups excluding tert-OH is 1. The van der Waals surface area contributed by atoms with Crippen LogP contribution < -0.4 is 0 Å². The maximum Gasteiger partial charge on any atom is 0.0697 e. The van der Waals surface area contributed by atoms with Crippen molar-refractivity contribution in [3.8, 4) is 0 Å². The van der Waals surface area contributed by atoms with E-state index in [-0.39, 0.29) is 6.61 Å². The second kappa shape index (κ2) is 32.9. The van der Waals surface area contributed by atoms with E-state index in [1.807, 2.05) is 0 Å². The van der Waals surface area contributed by atoms with Gasteiger partial charge in [0, 0.05) is 6.61 Å². The quantitative estimate of drug-likeness (QED) is 0.0995. The van der Waals surface area contributed by atoms with Gasteiger partial charge < -0.3 is 9.84 Å². The fourth-order valence-corrected chi connectivity index (χ4v) is 5.04. The van der Waals surface area contributed by atoms with Gasteiger partial charge in [0.2, 0.25) is 0 Å². The second-order valence-electron chi connectivity index (χ2n) is 10.9. The van der Waals surface area contributed by atoms with Gasteiger partial charge in [0.05, 0.1) is 13.2 Å². The largest absolute Gasteiger partial charge is 0.394 e. The highest BCUT2D eigenvalue weighted by Gasteiger charge is 1.97. The van der Waals surface area contributed by atoms with E-state index in [9.17, 15) is 0 Å². The summed E-state index contributed by atoms with van der Waals surface area (Å²) in [7, 11) is 0. The van der Waals surface area contributed by atoms with Crippen molar-refractivity contribution in [2.24, 2.45) is 0 Å². The summed E-state index contributed by atoms with van der Waals surface area (Å²) in [5.74, 6) is 0. The Bertz CT molecular complexity index is 299. The van der Waals surface area contributed by atoms with Crippen LogP contribution in [0.15, 0.2) is 0 Å². The fourth-order valence-electron chi connectivity index (χ4n) is 5.04. The van der Waals surface area contributed by atoms with Crippen LogP contribution in [-0.4, -0.2) is 24.9 Å². The van der Waals surface area contributed by atoms with E-state index in [4.69, 9.17) is 9.84 Å². The Labute approximate surface area is 216 Å². The predicted octanol–water partition coefficient (Wildman–Crippen LogP) is 10.9. The zero-order valence-electron chi connectivity index (χ0n) is 23.8. The van der Waals surface area contributed by atoms with E-state index < -0.39 is 0 Å². The van der Waals surface area contributed by atoms with Crippen molar-refractivity contribution in [2.45, 2.75) is 187 Å². The van der Waals surface area contributed by atoms with E-state index >= 15 is 0 Å². The molecule has 0 heterocycles. The van der Waals surface area contributed by atoms with Crippen LogP contribution in [0, 0.1) is 0 Å². The molecular formula is C32H66O2. The first-order chi connectivity index (χ1) is 16.9. The molecule has 0 aromatic carbocycles. The molecule has 0 aromatic rings. The van der Waals surface area contributed by atoms with Crippen molar-refractivity contribution in [1.29, 1.82) is 0 Å². The van der Waals surface area contributed by atoms with Gasteiger partial charge in [-0.1, -0.05) is 180 Å². The summed E-state index contributed by atoms with van der Waals surface area (Å²) in [5.41, 5.74) is 0. The van der Waals surface area contributed by atoms with Crippen molar-refractivity contribution in [3.05, 3.63) is 0 Å². The highest BCUT2D eigenvalue weighted by atomic mass is 16.5. The van der Waals surface area contributed by atoms with Crippen LogP contribution in [-0.2, 0) is 4.74 Å². The van der Waals surface area contributed by atoms with Gasteiger partial charge >= 0.3 is 0 Å². The molecule has 0 spiro atoms. The molecule has 0 amide bonds. The zero-order valence-corrected chi connectivity index (χ0v) is 23.8. The summed E-state index contributed by atoms with van der Waals surface area (Å²) in [6.45, 7) is 3.77. The monoisotopic (exact) mass is 483 g/mol. The van der Waals surface area contributed by atoms with Crippen LogP contribution in [0.1, 0.15) is 187 Å². The number of unbranched alkanes of at least 4 members (excludes halogenated alkanes) is 27.